The van der Waals surface area contributed by atoms with Gasteiger partial charge in [0.25, 0.3) is 11.5 Å². The molecule has 3 N–H and O–H groups in total. The highest BCUT2D eigenvalue weighted by atomic mass is 16.3. The van der Waals surface area contributed by atoms with Gasteiger partial charge in [0.15, 0.2) is 11.5 Å². The number of aromatic nitrogens is 2. The number of benzene rings is 2. The quantitative estimate of drug-likeness (QED) is 0.545. The smallest absolute Gasteiger partial charge is 0.266 e. The van der Waals surface area contributed by atoms with Crippen LogP contribution in [0.15, 0.2) is 41.2 Å². The summed E-state index contributed by atoms with van der Waals surface area (Å²) in [7, 11) is 0. The van der Waals surface area contributed by atoms with Crippen LogP contribution >= 0.6 is 0 Å². The normalized spacial score (nSPS) is 16.2. The van der Waals surface area contributed by atoms with E-state index in [2.05, 4.69) is 10.3 Å². The first kappa shape index (κ1) is 14.3. The molecule has 1 aliphatic heterocycles. The molecule has 0 bridgehead atoms. The van der Waals surface area contributed by atoms with Gasteiger partial charge in [0.1, 0.15) is 5.82 Å². The number of nitrogens with zero attached hydrogens (tertiary/aromatic N) is 2. The van der Waals surface area contributed by atoms with Crippen LogP contribution in [-0.2, 0) is 0 Å². The Morgan fingerprint density at radius 2 is 1.83 bits per heavy atom. The van der Waals surface area contributed by atoms with E-state index >= 15 is 0 Å². The Morgan fingerprint density at radius 1 is 1.12 bits per heavy atom. The third kappa shape index (κ3) is 1.88. The van der Waals surface area contributed by atoms with E-state index in [9.17, 15) is 19.8 Å². The molecule has 3 aromatic rings. The van der Waals surface area contributed by atoms with Crippen LogP contribution in [-0.4, -0.2) is 25.7 Å². The summed E-state index contributed by atoms with van der Waals surface area (Å²) in [6, 6.07) is 8.72. The van der Waals surface area contributed by atoms with Gasteiger partial charge in [0.05, 0.1) is 28.2 Å². The van der Waals surface area contributed by atoms with Crippen molar-refractivity contribution in [1.82, 2.24) is 14.9 Å². The molecular weight excluding hydrogens is 310 g/mol. The van der Waals surface area contributed by atoms with E-state index in [1.807, 2.05) is 0 Å². The maximum atomic E-state index is 13.0. The van der Waals surface area contributed by atoms with Gasteiger partial charge in [-0.2, -0.15) is 0 Å². The van der Waals surface area contributed by atoms with Gasteiger partial charge in [0.2, 0.25) is 0 Å². The highest BCUT2D eigenvalue weighted by molar-refractivity contribution is 5.99. The molecule has 0 saturated heterocycles. The maximum Gasteiger partial charge on any atom is 0.266 e. The van der Waals surface area contributed by atoms with E-state index in [0.29, 0.717) is 16.7 Å². The fraction of sp³-hybridized carbons (Fsp3) is 0.118. The zero-order valence-corrected chi connectivity index (χ0v) is 12.6. The van der Waals surface area contributed by atoms with Crippen LogP contribution < -0.4 is 10.9 Å². The average molecular weight is 323 g/mol. The Morgan fingerprint density at radius 3 is 2.62 bits per heavy atom. The lowest BCUT2D eigenvalue weighted by Crippen LogP contribution is -2.28. The molecular formula is C17H13N3O4. The zero-order chi connectivity index (χ0) is 17.0. The van der Waals surface area contributed by atoms with Crippen molar-refractivity contribution in [1.29, 1.82) is 0 Å². The molecule has 120 valence electrons. The second kappa shape index (κ2) is 4.82. The third-order valence-electron chi connectivity index (χ3n) is 4.11. The van der Waals surface area contributed by atoms with Crippen LogP contribution in [0.5, 0.6) is 11.5 Å². The first-order valence-corrected chi connectivity index (χ1v) is 7.36. The number of hydrogen-bond acceptors (Lipinski definition) is 5. The molecule has 7 nitrogen and oxygen atoms in total. The van der Waals surface area contributed by atoms with Gasteiger partial charge in [-0.3, -0.25) is 14.2 Å². The Hall–Kier alpha value is -3.35. The molecule has 0 fully saturated rings. The number of nitrogens with one attached hydrogen (secondary N) is 1. The molecule has 4 rings (SSSR count). The van der Waals surface area contributed by atoms with E-state index in [-0.39, 0.29) is 16.8 Å². The molecule has 2 aromatic carbocycles. The van der Waals surface area contributed by atoms with Gasteiger partial charge < -0.3 is 15.5 Å². The summed E-state index contributed by atoms with van der Waals surface area (Å²) in [6.45, 7) is 1.72. The van der Waals surface area contributed by atoms with Gasteiger partial charge in [-0.25, -0.2) is 4.98 Å². The molecule has 7 heteroatoms. The summed E-state index contributed by atoms with van der Waals surface area (Å²) < 4.78 is 1.30. The first-order chi connectivity index (χ1) is 11.5. The number of carbonyl (C=O) groups is 1. The Labute approximate surface area is 135 Å². The van der Waals surface area contributed by atoms with E-state index in [4.69, 9.17) is 0 Å². The van der Waals surface area contributed by atoms with Crippen LogP contribution in [0, 0.1) is 0 Å². The summed E-state index contributed by atoms with van der Waals surface area (Å²) in [5, 5.41) is 22.7. The lowest BCUT2D eigenvalue weighted by Gasteiger charge is -2.15. The second-order valence-corrected chi connectivity index (χ2v) is 5.68. The molecule has 1 aromatic heterocycles. The SMILES string of the molecule is C[C@H]1NC(=O)c2cc(O)c(O)cc2-n2c1nc1ccccc1c2=O. The minimum atomic E-state index is -0.522. The van der Waals surface area contributed by atoms with Crippen molar-refractivity contribution in [2.75, 3.05) is 0 Å². The molecule has 0 aliphatic carbocycles. The van der Waals surface area contributed by atoms with Gasteiger partial charge in [-0.15, -0.1) is 0 Å². The van der Waals surface area contributed by atoms with Crippen molar-refractivity contribution >= 4 is 16.8 Å². The van der Waals surface area contributed by atoms with Crippen molar-refractivity contribution in [2.45, 2.75) is 13.0 Å². The summed E-state index contributed by atoms with van der Waals surface area (Å²) in [6.07, 6.45) is 0. The number of rotatable bonds is 0. The number of para-hydroxylation sites is 1. The van der Waals surface area contributed by atoms with Gasteiger partial charge in [0, 0.05) is 6.07 Å². The molecule has 0 unspecified atom stereocenters. The highest BCUT2D eigenvalue weighted by Crippen LogP contribution is 2.33. The van der Waals surface area contributed by atoms with E-state index in [1.165, 1.54) is 10.6 Å². The highest BCUT2D eigenvalue weighted by Gasteiger charge is 2.28. The van der Waals surface area contributed by atoms with Crippen molar-refractivity contribution in [3.05, 3.63) is 58.1 Å². The second-order valence-electron chi connectivity index (χ2n) is 5.68. The van der Waals surface area contributed by atoms with Gasteiger partial charge >= 0.3 is 0 Å². The van der Waals surface area contributed by atoms with Crippen LogP contribution in [0.3, 0.4) is 0 Å². The number of aromatic hydroxyl groups is 2. The molecule has 0 saturated carbocycles. The van der Waals surface area contributed by atoms with Crippen LogP contribution in [0.1, 0.15) is 29.1 Å². The summed E-state index contributed by atoms with van der Waals surface area (Å²) in [5.41, 5.74) is 0.465. The van der Waals surface area contributed by atoms with Crippen LogP contribution in [0.25, 0.3) is 16.6 Å². The summed E-state index contributed by atoms with van der Waals surface area (Å²) in [4.78, 5) is 29.9. The van der Waals surface area contributed by atoms with Crippen molar-refractivity contribution in [3.8, 4) is 17.2 Å². The number of phenols is 2. The number of amides is 1. The molecule has 24 heavy (non-hydrogen) atoms. The molecule has 1 amide bonds. The molecule has 1 atom stereocenters. The summed E-state index contributed by atoms with van der Waals surface area (Å²) >= 11 is 0. The lowest BCUT2D eigenvalue weighted by atomic mass is 10.1. The van der Waals surface area contributed by atoms with E-state index in [1.54, 1.807) is 31.2 Å². The fourth-order valence-corrected chi connectivity index (χ4v) is 2.94. The Kier molecular flexibility index (Phi) is 2.86. The number of carbonyl (C=O) groups excluding carboxylic acids is 1. The standard InChI is InChI=1S/C17H13N3O4/c1-8-15-19-11-5-3-2-4-9(11)17(24)20(15)12-7-14(22)13(21)6-10(12)16(23)18-8/h2-8,21-22H,1H3,(H,18,23)/t8-/m1/s1. The molecule has 0 spiro atoms. The van der Waals surface area contributed by atoms with Crippen LogP contribution in [0.2, 0.25) is 0 Å². The van der Waals surface area contributed by atoms with E-state index < -0.39 is 23.4 Å². The maximum absolute atomic E-state index is 13.0. The lowest BCUT2D eigenvalue weighted by molar-refractivity contribution is 0.0941. The number of hydrogen-bond donors (Lipinski definition) is 3. The topological polar surface area (TPSA) is 104 Å². The molecule has 0 radical (unpaired) electrons. The van der Waals surface area contributed by atoms with Crippen LogP contribution in [0.4, 0.5) is 0 Å². The predicted octanol–water partition coefficient (Wildman–Crippen LogP) is 1.60. The Balaban J connectivity index is 2.19. The van der Waals surface area contributed by atoms with Gasteiger partial charge in [-0.05, 0) is 25.1 Å². The third-order valence-corrected chi connectivity index (χ3v) is 4.11. The zero-order valence-electron chi connectivity index (χ0n) is 12.6. The Bertz CT molecular complexity index is 1070. The molecule has 2 heterocycles. The minimum Gasteiger partial charge on any atom is -0.504 e. The van der Waals surface area contributed by atoms with E-state index in [0.717, 1.165) is 6.07 Å². The monoisotopic (exact) mass is 323 g/mol. The fourth-order valence-electron chi connectivity index (χ4n) is 2.94. The van der Waals surface area contributed by atoms with Gasteiger partial charge in [-0.1, -0.05) is 12.1 Å². The largest absolute Gasteiger partial charge is 0.504 e. The first-order valence-electron chi connectivity index (χ1n) is 7.36. The average Bonchev–Trinajstić information content (AvgIpc) is 2.65. The van der Waals surface area contributed by atoms with Crippen molar-refractivity contribution in [3.63, 3.8) is 0 Å². The molecule has 1 aliphatic rings. The predicted molar refractivity (Wildman–Crippen MR) is 86.6 cm³/mol. The van der Waals surface area contributed by atoms with Crippen molar-refractivity contribution < 1.29 is 15.0 Å². The summed E-state index contributed by atoms with van der Waals surface area (Å²) in [5.74, 6) is -0.943. The van der Waals surface area contributed by atoms with Crippen molar-refractivity contribution in [2.24, 2.45) is 0 Å². The minimum absolute atomic E-state index is 0.0927. The number of fused-ring (bicyclic) bond motifs is 4. The number of phenolic OH excluding ortho intramolecular Hbond substituents is 2.